The van der Waals surface area contributed by atoms with Gasteiger partial charge in [0, 0.05) is 16.6 Å². The van der Waals surface area contributed by atoms with Crippen molar-refractivity contribution >= 4 is 45.4 Å². The maximum Gasteiger partial charge on any atom is 0.268 e. The highest BCUT2D eigenvalue weighted by atomic mass is 35.5. The van der Waals surface area contributed by atoms with Crippen molar-refractivity contribution in [2.24, 2.45) is 5.73 Å². The summed E-state index contributed by atoms with van der Waals surface area (Å²) in [7, 11) is 0. The predicted octanol–water partition coefficient (Wildman–Crippen LogP) is 7.17. The lowest BCUT2D eigenvalue weighted by molar-refractivity contribution is 0.0996. The van der Waals surface area contributed by atoms with Gasteiger partial charge in [0.05, 0.1) is 22.3 Å². The molecule has 1 amide bonds. The number of fused-ring (bicyclic) bond motifs is 1. The van der Waals surface area contributed by atoms with Crippen molar-refractivity contribution in [2.75, 3.05) is 5.32 Å². The zero-order valence-corrected chi connectivity index (χ0v) is 20.5. The van der Waals surface area contributed by atoms with Gasteiger partial charge < -0.3 is 11.1 Å². The third kappa shape index (κ3) is 5.54. The Bertz CT molecular complexity index is 1390. The highest BCUT2D eigenvalue weighted by Gasteiger charge is 2.18. The van der Waals surface area contributed by atoms with Crippen LogP contribution in [0, 0.1) is 25.2 Å². The van der Waals surface area contributed by atoms with Crippen molar-refractivity contribution in [3.05, 3.63) is 93.7 Å². The number of aromatic nitrogens is 1. The van der Waals surface area contributed by atoms with E-state index in [9.17, 15) is 4.79 Å². The van der Waals surface area contributed by atoms with Gasteiger partial charge in [-0.1, -0.05) is 55.0 Å². The van der Waals surface area contributed by atoms with Crippen LogP contribution in [-0.4, -0.2) is 10.9 Å². The molecule has 0 saturated heterocycles. The maximum atomic E-state index is 12.1. The fraction of sp³-hybridized carbons (Fsp3) is 0.179. The number of allylic oxidation sites excluding steroid dienone is 6. The van der Waals surface area contributed by atoms with E-state index >= 15 is 0 Å². The van der Waals surface area contributed by atoms with Gasteiger partial charge in [0.25, 0.3) is 5.91 Å². The predicted molar refractivity (Wildman–Crippen MR) is 141 cm³/mol. The van der Waals surface area contributed by atoms with E-state index in [1.165, 1.54) is 0 Å². The van der Waals surface area contributed by atoms with Crippen LogP contribution in [0.3, 0.4) is 0 Å². The number of nitrogens with two attached hydrogens (primary N) is 1. The molecule has 0 aliphatic carbocycles. The summed E-state index contributed by atoms with van der Waals surface area (Å²) in [5.74, 6) is -0.691. The summed E-state index contributed by atoms with van der Waals surface area (Å²) in [6, 6.07) is 14.0. The van der Waals surface area contributed by atoms with Crippen molar-refractivity contribution < 1.29 is 4.79 Å². The zero-order chi connectivity index (χ0) is 24.8. The van der Waals surface area contributed by atoms with E-state index in [-0.39, 0.29) is 10.7 Å². The van der Waals surface area contributed by atoms with Crippen molar-refractivity contribution in [3.63, 3.8) is 0 Å². The highest BCUT2D eigenvalue weighted by Crippen LogP contribution is 2.37. The van der Waals surface area contributed by atoms with E-state index in [2.05, 4.69) is 29.4 Å². The number of pyridine rings is 1. The van der Waals surface area contributed by atoms with Gasteiger partial charge in [0.2, 0.25) is 0 Å². The van der Waals surface area contributed by atoms with Crippen LogP contribution in [0.15, 0.2) is 66.3 Å². The molecule has 0 saturated carbocycles. The van der Waals surface area contributed by atoms with Crippen LogP contribution in [0.1, 0.15) is 47.4 Å². The van der Waals surface area contributed by atoms with Gasteiger partial charge in [-0.2, -0.15) is 5.26 Å². The molecule has 1 aromatic heterocycles. The fourth-order valence-electron chi connectivity index (χ4n) is 3.46. The van der Waals surface area contributed by atoms with Crippen LogP contribution in [0.5, 0.6) is 0 Å². The van der Waals surface area contributed by atoms with Gasteiger partial charge in [0.1, 0.15) is 5.69 Å². The van der Waals surface area contributed by atoms with E-state index in [0.717, 1.165) is 39.8 Å². The first-order valence-electron chi connectivity index (χ1n) is 11.0. The number of aryl methyl sites for hydroxylation is 2. The summed E-state index contributed by atoms with van der Waals surface area (Å²) in [6.45, 7) is 7.84. The average molecular weight is 471 g/mol. The van der Waals surface area contributed by atoms with Crippen LogP contribution >= 0.6 is 11.6 Å². The largest absolute Gasteiger partial charge is 0.364 e. The number of nitrogens with zero attached hydrogens (tertiary/aromatic N) is 2. The topological polar surface area (TPSA) is 91.8 Å². The molecule has 6 heteroatoms. The first-order valence-corrected chi connectivity index (χ1v) is 11.4. The third-order valence-electron chi connectivity index (χ3n) is 5.37. The van der Waals surface area contributed by atoms with Crippen LogP contribution in [-0.2, 0) is 0 Å². The molecule has 0 atom stereocenters. The van der Waals surface area contributed by atoms with E-state index in [4.69, 9.17) is 22.6 Å². The Labute approximate surface area is 205 Å². The summed E-state index contributed by atoms with van der Waals surface area (Å²) in [4.78, 5) is 16.5. The number of carbonyl (C=O) groups excluding carboxylic acids is 1. The Morgan fingerprint density at radius 2 is 1.97 bits per heavy atom. The summed E-state index contributed by atoms with van der Waals surface area (Å²) in [5.41, 5.74) is 12.2. The number of halogens is 1. The molecule has 3 aromatic rings. The molecule has 172 valence electrons. The fourth-order valence-corrected chi connectivity index (χ4v) is 3.74. The number of nitriles is 1. The molecule has 0 fully saturated rings. The van der Waals surface area contributed by atoms with E-state index in [0.29, 0.717) is 16.8 Å². The number of hydrogen-bond acceptors (Lipinski definition) is 4. The molecule has 0 radical (unpaired) electrons. The van der Waals surface area contributed by atoms with Gasteiger partial charge in [-0.05, 0) is 73.7 Å². The standard InChI is InChI=1S/C28H27ClN4O/c1-5-6-7-20(11-9-18(3)16-30)21-12-13-23-22(15-21)26(25(29)27(32-23)28(31)34)33-24-14-17(2)8-10-19(24)4/h6-15H,5H2,1-4H3,(H2,31,34)(H,32,33)/b7-6+,18-9+,20-11+. The molecule has 2 aromatic carbocycles. The van der Waals surface area contributed by atoms with Gasteiger partial charge in [-0.25, -0.2) is 4.98 Å². The monoisotopic (exact) mass is 470 g/mol. The van der Waals surface area contributed by atoms with Gasteiger partial charge >= 0.3 is 0 Å². The number of anilines is 2. The van der Waals surface area contributed by atoms with Crippen molar-refractivity contribution in [1.29, 1.82) is 5.26 Å². The first-order chi connectivity index (χ1) is 16.2. The number of primary amides is 1. The molecule has 0 bridgehead atoms. The minimum absolute atomic E-state index is 0.0175. The van der Waals surface area contributed by atoms with Crippen molar-refractivity contribution in [1.82, 2.24) is 4.98 Å². The SMILES string of the molecule is CC/C=C/C(=C\C=C(/C)C#N)c1ccc2nc(C(N)=O)c(Cl)c(Nc3cc(C)ccc3C)c2c1. The maximum absolute atomic E-state index is 12.1. The molecule has 1 heterocycles. The molecule has 3 N–H and O–H groups in total. The summed E-state index contributed by atoms with van der Waals surface area (Å²) >= 11 is 6.66. The molecule has 0 aliphatic rings. The Morgan fingerprint density at radius 3 is 2.65 bits per heavy atom. The number of amides is 1. The Morgan fingerprint density at radius 1 is 1.21 bits per heavy atom. The lowest BCUT2D eigenvalue weighted by atomic mass is 10.00. The molecule has 0 aliphatic heterocycles. The second-order valence-electron chi connectivity index (χ2n) is 8.08. The van der Waals surface area contributed by atoms with Crippen molar-refractivity contribution in [3.8, 4) is 6.07 Å². The molecular weight excluding hydrogens is 444 g/mol. The van der Waals surface area contributed by atoms with E-state index in [1.807, 2.05) is 62.4 Å². The first kappa shape index (κ1) is 24.8. The Kier molecular flexibility index (Phi) is 7.88. The van der Waals surface area contributed by atoms with E-state index in [1.54, 1.807) is 13.0 Å². The molecule has 0 spiro atoms. The minimum Gasteiger partial charge on any atom is -0.364 e. The van der Waals surface area contributed by atoms with Gasteiger partial charge in [-0.15, -0.1) is 0 Å². The van der Waals surface area contributed by atoms with Gasteiger partial charge in [-0.3, -0.25) is 4.79 Å². The lowest BCUT2D eigenvalue weighted by Crippen LogP contribution is -2.15. The number of hydrogen-bond donors (Lipinski definition) is 2. The van der Waals surface area contributed by atoms with Crippen molar-refractivity contribution in [2.45, 2.75) is 34.1 Å². The molecule has 34 heavy (non-hydrogen) atoms. The number of benzene rings is 2. The average Bonchev–Trinajstić information content (AvgIpc) is 2.82. The lowest BCUT2D eigenvalue weighted by Gasteiger charge is -2.17. The Balaban J connectivity index is 2.28. The molecule has 0 unspecified atom stereocenters. The highest BCUT2D eigenvalue weighted by molar-refractivity contribution is 6.37. The third-order valence-corrected chi connectivity index (χ3v) is 5.74. The second-order valence-corrected chi connectivity index (χ2v) is 8.46. The zero-order valence-electron chi connectivity index (χ0n) is 19.7. The van der Waals surface area contributed by atoms with Crippen LogP contribution in [0.4, 0.5) is 11.4 Å². The van der Waals surface area contributed by atoms with Crippen LogP contribution in [0.2, 0.25) is 5.02 Å². The Hall–Kier alpha value is -3.88. The second kappa shape index (κ2) is 10.8. The number of carbonyl (C=O) groups is 1. The molecule has 3 rings (SSSR count). The normalized spacial score (nSPS) is 12.2. The smallest absolute Gasteiger partial charge is 0.268 e. The number of nitrogens with one attached hydrogen (secondary N) is 1. The van der Waals surface area contributed by atoms with Crippen LogP contribution < -0.4 is 11.1 Å². The summed E-state index contributed by atoms with van der Waals surface area (Å²) in [6.07, 6.45) is 8.66. The van der Waals surface area contributed by atoms with Crippen LogP contribution in [0.25, 0.3) is 16.5 Å². The number of rotatable bonds is 7. The summed E-state index contributed by atoms with van der Waals surface area (Å²) in [5, 5.41) is 13.5. The minimum atomic E-state index is -0.691. The van der Waals surface area contributed by atoms with Gasteiger partial charge in [0.15, 0.2) is 0 Å². The quantitative estimate of drug-likeness (QED) is 0.283. The van der Waals surface area contributed by atoms with E-state index < -0.39 is 5.91 Å². The summed E-state index contributed by atoms with van der Waals surface area (Å²) < 4.78 is 0. The molecular formula is C28H27ClN4O. The molecule has 5 nitrogen and oxygen atoms in total.